The van der Waals surface area contributed by atoms with Crippen molar-refractivity contribution in [3.63, 3.8) is 0 Å². The normalized spacial score (nSPS) is 10.9. The first-order chi connectivity index (χ1) is 8.20. The van der Waals surface area contributed by atoms with Gasteiger partial charge in [-0.05, 0) is 32.0 Å². The van der Waals surface area contributed by atoms with Crippen molar-refractivity contribution >= 4 is 50.7 Å². The van der Waals surface area contributed by atoms with Crippen LogP contribution in [0.25, 0.3) is 0 Å². The van der Waals surface area contributed by atoms with Crippen LogP contribution in [-0.4, -0.2) is 16.1 Å². The van der Waals surface area contributed by atoms with Gasteiger partial charge in [0.2, 0.25) is 11.8 Å². The molecular formula is C12H14BrClN2O2. The summed E-state index contributed by atoms with van der Waals surface area (Å²) < 4.78 is -0.657. The SMILES string of the molecule is CC(=O)Nc1ccc(NC(=O)C(C)(C)Br)cc1Cl. The van der Waals surface area contributed by atoms with Crippen molar-refractivity contribution in [1.82, 2.24) is 0 Å². The first kappa shape index (κ1) is 15.0. The molecule has 1 aromatic carbocycles. The Bertz CT molecular complexity index is 483. The lowest BCUT2D eigenvalue weighted by Gasteiger charge is -2.16. The van der Waals surface area contributed by atoms with Crippen molar-refractivity contribution in [1.29, 1.82) is 0 Å². The van der Waals surface area contributed by atoms with Crippen molar-refractivity contribution in [3.8, 4) is 0 Å². The van der Waals surface area contributed by atoms with E-state index in [4.69, 9.17) is 11.6 Å². The second-order valence-electron chi connectivity index (χ2n) is 4.30. The van der Waals surface area contributed by atoms with Crippen molar-refractivity contribution < 1.29 is 9.59 Å². The molecule has 0 fully saturated rings. The molecule has 2 N–H and O–H groups in total. The molecule has 1 rings (SSSR count). The minimum Gasteiger partial charge on any atom is -0.325 e. The van der Waals surface area contributed by atoms with E-state index in [1.165, 1.54) is 6.92 Å². The number of carbonyl (C=O) groups is 2. The Morgan fingerprint density at radius 1 is 1.28 bits per heavy atom. The van der Waals surface area contributed by atoms with Crippen LogP contribution < -0.4 is 10.6 Å². The fraction of sp³-hybridized carbons (Fsp3) is 0.333. The van der Waals surface area contributed by atoms with Crippen LogP contribution >= 0.6 is 27.5 Å². The Balaban J connectivity index is 2.85. The third kappa shape index (κ3) is 4.31. The van der Waals surface area contributed by atoms with Gasteiger partial charge in [0.15, 0.2) is 0 Å². The maximum Gasteiger partial charge on any atom is 0.240 e. The average molecular weight is 334 g/mol. The highest BCUT2D eigenvalue weighted by atomic mass is 79.9. The van der Waals surface area contributed by atoms with E-state index < -0.39 is 4.32 Å². The number of nitrogens with one attached hydrogen (secondary N) is 2. The zero-order chi connectivity index (χ0) is 13.9. The van der Waals surface area contributed by atoms with Crippen LogP contribution in [0.3, 0.4) is 0 Å². The summed E-state index contributed by atoms with van der Waals surface area (Å²) in [5, 5.41) is 5.68. The fourth-order valence-corrected chi connectivity index (χ4v) is 1.49. The molecular weight excluding hydrogens is 320 g/mol. The maximum absolute atomic E-state index is 11.7. The molecule has 2 amide bonds. The van der Waals surface area contributed by atoms with Gasteiger partial charge in [-0.25, -0.2) is 0 Å². The number of halogens is 2. The number of anilines is 2. The number of carbonyl (C=O) groups excluding carboxylic acids is 2. The molecule has 4 nitrogen and oxygen atoms in total. The van der Waals surface area contributed by atoms with Gasteiger partial charge < -0.3 is 10.6 Å². The van der Waals surface area contributed by atoms with Crippen LogP contribution in [-0.2, 0) is 9.59 Å². The highest BCUT2D eigenvalue weighted by molar-refractivity contribution is 9.10. The molecule has 0 aromatic heterocycles. The molecule has 0 saturated heterocycles. The van der Waals surface area contributed by atoms with Gasteiger partial charge in [-0.1, -0.05) is 27.5 Å². The summed E-state index contributed by atoms with van der Waals surface area (Å²) in [5.74, 6) is -0.374. The number of alkyl halides is 1. The van der Waals surface area contributed by atoms with Gasteiger partial charge in [0, 0.05) is 12.6 Å². The molecule has 0 radical (unpaired) electrons. The summed E-state index contributed by atoms with van der Waals surface area (Å²) in [6.45, 7) is 4.89. The number of rotatable bonds is 3. The Morgan fingerprint density at radius 2 is 1.89 bits per heavy atom. The third-order valence-electron chi connectivity index (χ3n) is 2.08. The second kappa shape index (κ2) is 5.71. The number of benzene rings is 1. The molecule has 0 aliphatic carbocycles. The van der Waals surface area contributed by atoms with Crippen LogP contribution in [0.15, 0.2) is 18.2 Å². The Kier molecular flexibility index (Phi) is 4.76. The summed E-state index contributed by atoms with van der Waals surface area (Å²) >= 11 is 9.26. The lowest BCUT2D eigenvalue weighted by molar-refractivity contribution is -0.117. The standard InChI is InChI=1S/C12H14BrClN2O2/c1-7(17)15-10-5-4-8(6-9(10)14)16-11(18)12(2,3)13/h4-6H,1-3H3,(H,15,17)(H,16,18). The summed E-state index contributed by atoms with van der Waals surface area (Å²) in [6.07, 6.45) is 0. The highest BCUT2D eigenvalue weighted by Gasteiger charge is 2.23. The van der Waals surface area contributed by atoms with Crippen molar-refractivity contribution in [3.05, 3.63) is 23.2 Å². The minimum absolute atomic E-state index is 0.175. The van der Waals surface area contributed by atoms with E-state index in [9.17, 15) is 9.59 Å². The monoisotopic (exact) mass is 332 g/mol. The zero-order valence-electron chi connectivity index (χ0n) is 10.3. The lowest BCUT2D eigenvalue weighted by Crippen LogP contribution is -2.30. The molecule has 0 bridgehead atoms. The number of hydrogen-bond acceptors (Lipinski definition) is 2. The van der Waals surface area contributed by atoms with Gasteiger partial charge in [-0.15, -0.1) is 0 Å². The van der Waals surface area contributed by atoms with Crippen LogP contribution in [0.2, 0.25) is 5.02 Å². The van der Waals surface area contributed by atoms with Crippen LogP contribution in [0, 0.1) is 0 Å². The Hall–Kier alpha value is -1.07. The van der Waals surface area contributed by atoms with E-state index >= 15 is 0 Å². The van der Waals surface area contributed by atoms with E-state index in [0.717, 1.165) is 0 Å². The van der Waals surface area contributed by atoms with Crippen molar-refractivity contribution in [2.45, 2.75) is 25.1 Å². The predicted octanol–water partition coefficient (Wildman–Crippen LogP) is 3.41. The predicted molar refractivity (Wildman–Crippen MR) is 77.4 cm³/mol. The number of amides is 2. The molecule has 0 aliphatic heterocycles. The molecule has 0 heterocycles. The van der Waals surface area contributed by atoms with Gasteiger partial charge in [0.25, 0.3) is 0 Å². The van der Waals surface area contributed by atoms with E-state index in [2.05, 4.69) is 26.6 Å². The number of hydrogen-bond donors (Lipinski definition) is 2. The van der Waals surface area contributed by atoms with Crippen LogP contribution in [0.4, 0.5) is 11.4 Å². The van der Waals surface area contributed by atoms with Crippen LogP contribution in [0.1, 0.15) is 20.8 Å². The van der Waals surface area contributed by atoms with Gasteiger partial charge in [-0.3, -0.25) is 9.59 Å². The molecule has 0 spiro atoms. The molecule has 18 heavy (non-hydrogen) atoms. The molecule has 0 aliphatic rings. The Morgan fingerprint density at radius 3 is 2.33 bits per heavy atom. The summed E-state index contributed by atoms with van der Waals surface area (Å²) in [5.41, 5.74) is 1.09. The Labute approximate surface area is 119 Å². The summed E-state index contributed by atoms with van der Waals surface area (Å²) in [7, 11) is 0. The van der Waals surface area contributed by atoms with Crippen molar-refractivity contribution in [2.24, 2.45) is 0 Å². The maximum atomic E-state index is 11.7. The summed E-state index contributed by atoms with van der Waals surface area (Å²) in [6, 6.07) is 4.90. The molecule has 1 aromatic rings. The molecule has 0 atom stereocenters. The molecule has 6 heteroatoms. The van der Waals surface area contributed by atoms with E-state index in [0.29, 0.717) is 16.4 Å². The van der Waals surface area contributed by atoms with Gasteiger partial charge >= 0.3 is 0 Å². The van der Waals surface area contributed by atoms with E-state index in [1.54, 1.807) is 32.0 Å². The first-order valence-corrected chi connectivity index (χ1v) is 6.45. The van der Waals surface area contributed by atoms with E-state index in [-0.39, 0.29) is 11.8 Å². The zero-order valence-corrected chi connectivity index (χ0v) is 12.6. The third-order valence-corrected chi connectivity index (χ3v) is 2.75. The van der Waals surface area contributed by atoms with Gasteiger partial charge in [-0.2, -0.15) is 0 Å². The lowest BCUT2D eigenvalue weighted by atomic mass is 10.2. The quantitative estimate of drug-likeness (QED) is 0.833. The van der Waals surface area contributed by atoms with Crippen molar-refractivity contribution in [2.75, 3.05) is 10.6 Å². The van der Waals surface area contributed by atoms with E-state index in [1.807, 2.05) is 0 Å². The fourth-order valence-electron chi connectivity index (χ4n) is 1.16. The summed E-state index contributed by atoms with van der Waals surface area (Å²) in [4.78, 5) is 22.7. The molecule has 0 saturated carbocycles. The molecule has 0 unspecified atom stereocenters. The minimum atomic E-state index is -0.657. The van der Waals surface area contributed by atoms with Gasteiger partial charge in [0.05, 0.1) is 15.0 Å². The topological polar surface area (TPSA) is 58.2 Å². The molecule has 98 valence electrons. The second-order valence-corrected chi connectivity index (χ2v) is 6.69. The van der Waals surface area contributed by atoms with Gasteiger partial charge in [0.1, 0.15) is 0 Å². The van der Waals surface area contributed by atoms with Crippen LogP contribution in [0.5, 0.6) is 0 Å². The highest BCUT2D eigenvalue weighted by Crippen LogP contribution is 2.26. The largest absolute Gasteiger partial charge is 0.325 e. The average Bonchev–Trinajstić information content (AvgIpc) is 2.20. The first-order valence-electron chi connectivity index (χ1n) is 5.27. The smallest absolute Gasteiger partial charge is 0.240 e.